The van der Waals surface area contributed by atoms with E-state index in [1.54, 1.807) is 6.07 Å². The van der Waals surface area contributed by atoms with E-state index < -0.39 is 4.92 Å². The Hall–Kier alpha value is -2.00. The third kappa shape index (κ3) is 2.74. The van der Waals surface area contributed by atoms with Crippen LogP contribution in [0.25, 0.3) is 10.7 Å². The largest absolute Gasteiger partial charge is 0.338 e. The summed E-state index contributed by atoms with van der Waals surface area (Å²) in [6.45, 7) is 3.75. The molecule has 2 atom stereocenters. The second-order valence-corrected chi connectivity index (χ2v) is 6.32. The number of nitrogens with zero attached hydrogens (tertiary/aromatic N) is 4. The van der Waals surface area contributed by atoms with Gasteiger partial charge in [-0.15, -0.1) is 5.10 Å². The van der Waals surface area contributed by atoms with Crippen molar-refractivity contribution in [3.63, 3.8) is 0 Å². The van der Waals surface area contributed by atoms with E-state index in [1.165, 1.54) is 6.07 Å². The quantitative estimate of drug-likeness (QED) is 0.657. The topological polar surface area (TPSA) is 114 Å². The number of nitrogens with one attached hydrogen (secondary N) is 1. The van der Waals surface area contributed by atoms with Crippen LogP contribution in [0, 0.1) is 16.0 Å². The lowest BCUT2D eigenvalue weighted by Crippen LogP contribution is -2.48. The predicted molar refractivity (Wildman–Crippen MR) is 80.3 cm³/mol. The molecule has 0 amide bonds. The Morgan fingerprint density at radius 2 is 2.38 bits per heavy atom. The van der Waals surface area contributed by atoms with Crippen molar-refractivity contribution in [1.82, 2.24) is 15.2 Å². The van der Waals surface area contributed by atoms with E-state index >= 15 is 0 Å². The minimum Gasteiger partial charge on any atom is -0.338 e. The molecule has 1 aliphatic rings. The zero-order valence-corrected chi connectivity index (χ0v) is 12.3. The van der Waals surface area contributed by atoms with Crippen molar-refractivity contribution in [2.45, 2.75) is 19.4 Å². The molecule has 21 heavy (non-hydrogen) atoms. The fraction of sp³-hybridized carbons (Fsp3) is 0.500. The normalized spacial score (nSPS) is 22.5. The SMILES string of the molecule is CC1CCN(c2n[nH]c(-c3ccc([N+](=O)[O-])s3)n2)CC1N. The molecule has 0 saturated carbocycles. The second kappa shape index (κ2) is 5.41. The predicted octanol–water partition coefficient (Wildman–Crippen LogP) is 1.61. The number of anilines is 1. The number of H-pyrrole nitrogens is 1. The Labute approximate surface area is 125 Å². The second-order valence-electron chi connectivity index (χ2n) is 5.25. The van der Waals surface area contributed by atoms with Crippen LogP contribution in [0.3, 0.4) is 0 Å². The minimum absolute atomic E-state index is 0.0942. The number of hydrogen-bond acceptors (Lipinski definition) is 7. The van der Waals surface area contributed by atoms with E-state index in [0.717, 1.165) is 30.8 Å². The molecule has 3 N–H and O–H groups in total. The fourth-order valence-electron chi connectivity index (χ4n) is 2.34. The van der Waals surface area contributed by atoms with Crippen molar-refractivity contribution in [3.8, 4) is 10.7 Å². The van der Waals surface area contributed by atoms with Crippen molar-refractivity contribution in [1.29, 1.82) is 0 Å². The summed E-state index contributed by atoms with van der Waals surface area (Å²) in [5.41, 5.74) is 6.08. The van der Waals surface area contributed by atoms with Gasteiger partial charge in [-0.2, -0.15) is 4.98 Å². The Kier molecular flexibility index (Phi) is 3.60. The summed E-state index contributed by atoms with van der Waals surface area (Å²) in [5.74, 6) is 1.65. The lowest BCUT2D eigenvalue weighted by Gasteiger charge is -2.34. The van der Waals surface area contributed by atoms with Gasteiger partial charge in [0.1, 0.15) is 0 Å². The molecule has 0 aliphatic carbocycles. The molecule has 2 aromatic rings. The molecule has 112 valence electrons. The van der Waals surface area contributed by atoms with Gasteiger partial charge in [0.15, 0.2) is 5.82 Å². The maximum absolute atomic E-state index is 10.7. The molecule has 3 rings (SSSR count). The molecular formula is C12H16N6O2S. The number of nitrogens with two attached hydrogens (primary N) is 1. The van der Waals surface area contributed by atoms with Crippen LogP contribution >= 0.6 is 11.3 Å². The van der Waals surface area contributed by atoms with Crippen LogP contribution in [-0.2, 0) is 0 Å². The zero-order chi connectivity index (χ0) is 15.0. The van der Waals surface area contributed by atoms with Gasteiger partial charge in [0.2, 0.25) is 5.95 Å². The van der Waals surface area contributed by atoms with Gasteiger partial charge in [-0.1, -0.05) is 18.3 Å². The zero-order valence-electron chi connectivity index (χ0n) is 11.5. The standard InChI is InChI=1S/C12H16N6O2S/c1-7-4-5-17(6-8(7)13)12-14-11(15-16-12)9-2-3-10(21-9)18(19)20/h2-3,7-8H,4-6,13H2,1H3,(H,14,15,16). The maximum Gasteiger partial charge on any atom is 0.324 e. The number of rotatable bonds is 3. The molecular weight excluding hydrogens is 292 g/mol. The molecule has 0 bridgehead atoms. The number of piperidine rings is 1. The maximum atomic E-state index is 10.7. The van der Waals surface area contributed by atoms with Crippen molar-refractivity contribution in [3.05, 3.63) is 22.2 Å². The van der Waals surface area contributed by atoms with Crippen LogP contribution in [0.4, 0.5) is 10.9 Å². The molecule has 1 fully saturated rings. The van der Waals surface area contributed by atoms with Gasteiger partial charge < -0.3 is 10.6 Å². The summed E-state index contributed by atoms with van der Waals surface area (Å²) in [4.78, 5) is 17.5. The van der Waals surface area contributed by atoms with E-state index in [-0.39, 0.29) is 11.0 Å². The van der Waals surface area contributed by atoms with E-state index in [2.05, 4.69) is 22.1 Å². The van der Waals surface area contributed by atoms with E-state index in [1.807, 2.05) is 4.90 Å². The molecule has 1 aliphatic heterocycles. The van der Waals surface area contributed by atoms with Gasteiger partial charge in [-0.25, -0.2) is 0 Å². The van der Waals surface area contributed by atoms with Crippen LogP contribution in [0.1, 0.15) is 13.3 Å². The van der Waals surface area contributed by atoms with Crippen molar-refractivity contribution in [2.24, 2.45) is 11.7 Å². The highest BCUT2D eigenvalue weighted by Crippen LogP contribution is 2.31. The van der Waals surface area contributed by atoms with E-state index in [9.17, 15) is 10.1 Å². The van der Waals surface area contributed by atoms with Gasteiger partial charge in [0, 0.05) is 25.2 Å². The molecule has 2 unspecified atom stereocenters. The first-order valence-corrected chi connectivity index (χ1v) is 7.54. The van der Waals surface area contributed by atoms with Crippen LogP contribution < -0.4 is 10.6 Å². The summed E-state index contributed by atoms with van der Waals surface area (Å²) < 4.78 is 0. The van der Waals surface area contributed by atoms with E-state index in [0.29, 0.717) is 22.6 Å². The number of hydrogen-bond donors (Lipinski definition) is 2. The first-order chi connectivity index (χ1) is 10.0. The van der Waals surface area contributed by atoms with Crippen LogP contribution in [0.2, 0.25) is 0 Å². The highest BCUT2D eigenvalue weighted by molar-refractivity contribution is 7.18. The molecule has 2 aromatic heterocycles. The van der Waals surface area contributed by atoms with Crippen molar-refractivity contribution in [2.75, 3.05) is 18.0 Å². The molecule has 9 heteroatoms. The Morgan fingerprint density at radius 1 is 1.57 bits per heavy atom. The number of aromatic amines is 1. The number of nitro groups is 1. The molecule has 0 radical (unpaired) electrons. The number of thiophene rings is 1. The van der Waals surface area contributed by atoms with Crippen molar-refractivity contribution < 1.29 is 4.92 Å². The summed E-state index contributed by atoms with van der Waals surface area (Å²) >= 11 is 1.08. The molecule has 3 heterocycles. The minimum atomic E-state index is -0.406. The lowest BCUT2D eigenvalue weighted by molar-refractivity contribution is -0.380. The Balaban J connectivity index is 1.78. The third-order valence-electron chi connectivity index (χ3n) is 3.78. The lowest BCUT2D eigenvalue weighted by atomic mass is 9.95. The van der Waals surface area contributed by atoms with Gasteiger partial charge in [-0.3, -0.25) is 15.2 Å². The summed E-state index contributed by atoms with van der Waals surface area (Å²) in [6, 6.07) is 3.26. The monoisotopic (exact) mass is 308 g/mol. The molecule has 8 nitrogen and oxygen atoms in total. The van der Waals surface area contributed by atoms with Gasteiger partial charge in [0.05, 0.1) is 9.80 Å². The van der Waals surface area contributed by atoms with Crippen LogP contribution in [-0.4, -0.2) is 39.2 Å². The number of aromatic nitrogens is 3. The average molecular weight is 308 g/mol. The average Bonchev–Trinajstić information content (AvgIpc) is 3.09. The Bertz CT molecular complexity index is 654. The van der Waals surface area contributed by atoms with E-state index in [4.69, 9.17) is 5.73 Å². The summed E-state index contributed by atoms with van der Waals surface area (Å²) in [7, 11) is 0. The van der Waals surface area contributed by atoms with Crippen molar-refractivity contribution >= 4 is 22.3 Å². The fourth-order valence-corrected chi connectivity index (χ4v) is 3.10. The molecule has 1 saturated heterocycles. The first-order valence-electron chi connectivity index (χ1n) is 6.72. The summed E-state index contributed by atoms with van der Waals surface area (Å²) in [6.07, 6.45) is 1.01. The van der Waals surface area contributed by atoms with Gasteiger partial charge >= 0.3 is 5.00 Å². The summed E-state index contributed by atoms with van der Waals surface area (Å²) in [5, 5.41) is 17.8. The first kappa shape index (κ1) is 14.0. The highest BCUT2D eigenvalue weighted by atomic mass is 32.1. The molecule has 0 spiro atoms. The third-order valence-corrected chi connectivity index (χ3v) is 4.82. The molecule has 0 aromatic carbocycles. The smallest absolute Gasteiger partial charge is 0.324 e. The van der Waals surface area contributed by atoms with Crippen LogP contribution in [0.5, 0.6) is 0 Å². The highest BCUT2D eigenvalue weighted by Gasteiger charge is 2.25. The van der Waals surface area contributed by atoms with Gasteiger partial charge in [0.25, 0.3) is 0 Å². The van der Waals surface area contributed by atoms with Crippen LogP contribution in [0.15, 0.2) is 12.1 Å². The Morgan fingerprint density at radius 3 is 3.05 bits per heavy atom. The van der Waals surface area contributed by atoms with Gasteiger partial charge in [-0.05, 0) is 18.4 Å².